The molecule has 2 rings (SSSR count). The zero-order chi connectivity index (χ0) is 18.2. The summed E-state index contributed by atoms with van der Waals surface area (Å²) in [6.07, 6.45) is 2.45. The Morgan fingerprint density at radius 3 is 2.44 bits per heavy atom. The largest absolute Gasteiger partial charge is 0.484 e. The van der Waals surface area contributed by atoms with Crippen LogP contribution < -0.4 is 15.6 Å². The number of benzene rings is 2. The Morgan fingerprint density at radius 2 is 1.76 bits per heavy atom. The highest BCUT2D eigenvalue weighted by atomic mass is 19.1. The summed E-state index contributed by atoms with van der Waals surface area (Å²) in [5.74, 6) is -0.939. The second-order valence-corrected chi connectivity index (χ2v) is 5.50. The lowest BCUT2D eigenvalue weighted by atomic mass is 10.1. The molecule has 0 heterocycles. The standard InChI is InChI=1S/C19H19FN2O3/c1-13-9-14(2)11-16(10-13)25-12-19(24)22-21-18(23)8-7-15-5-3-4-6-17(15)20/h3-11H,12H2,1-2H3,(H,21,23)(H,22,24)/b8-7+. The molecular formula is C19H19FN2O3. The Balaban J connectivity index is 1.77. The molecule has 2 aromatic rings. The fraction of sp³-hybridized carbons (Fsp3) is 0.158. The Hall–Kier alpha value is -3.15. The summed E-state index contributed by atoms with van der Waals surface area (Å²) in [6.45, 7) is 3.63. The van der Waals surface area contributed by atoms with Crippen molar-refractivity contribution in [1.82, 2.24) is 10.9 Å². The lowest BCUT2D eigenvalue weighted by Crippen LogP contribution is -2.43. The van der Waals surface area contributed by atoms with Crippen molar-refractivity contribution in [3.8, 4) is 5.75 Å². The van der Waals surface area contributed by atoms with E-state index in [0.717, 1.165) is 17.2 Å². The van der Waals surface area contributed by atoms with Gasteiger partial charge in [-0.2, -0.15) is 0 Å². The monoisotopic (exact) mass is 342 g/mol. The molecule has 0 atom stereocenters. The van der Waals surface area contributed by atoms with Crippen molar-refractivity contribution < 1.29 is 18.7 Å². The maximum atomic E-state index is 13.4. The molecule has 0 fully saturated rings. The summed E-state index contributed by atoms with van der Waals surface area (Å²) in [4.78, 5) is 23.3. The molecule has 0 unspecified atom stereocenters. The van der Waals surface area contributed by atoms with Gasteiger partial charge in [0.15, 0.2) is 6.61 Å². The molecule has 5 nitrogen and oxygen atoms in total. The SMILES string of the molecule is Cc1cc(C)cc(OCC(=O)NNC(=O)/C=C/c2ccccc2F)c1. The van der Waals surface area contributed by atoms with E-state index in [1.165, 1.54) is 18.2 Å². The van der Waals surface area contributed by atoms with Crippen molar-refractivity contribution in [3.63, 3.8) is 0 Å². The highest BCUT2D eigenvalue weighted by Crippen LogP contribution is 2.15. The zero-order valence-electron chi connectivity index (χ0n) is 14.0. The van der Waals surface area contributed by atoms with Gasteiger partial charge in [0.25, 0.3) is 11.8 Å². The van der Waals surface area contributed by atoms with Crippen molar-refractivity contribution in [2.45, 2.75) is 13.8 Å². The average Bonchev–Trinajstić information content (AvgIpc) is 2.56. The highest BCUT2D eigenvalue weighted by Gasteiger charge is 2.05. The molecule has 0 saturated heterocycles. The minimum Gasteiger partial charge on any atom is -0.484 e. The zero-order valence-corrected chi connectivity index (χ0v) is 14.0. The molecule has 2 N–H and O–H groups in total. The van der Waals surface area contributed by atoms with Crippen LogP contribution in [-0.2, 0) is 9.59 Å². The topological polar surface area (TPSA) is 67.4 Å². The van der Waals surface area contributed by atoms with Crippen molar-refractivity contribution in [3.05, 3.63) is 71.0 Å². The molecule has 130 valence electrons. The lowest BCUT2D eigenvalue weighted by molar-refractivity contribution is -0.128. The van der Waals surface area contributed by atoms with Crippen LogP contribution in [0.25, 0.3) is 6.08 Å². The minimum absolute atomic E-state index is 0.236. The maximum absolute atomic E-state index is 13.4. The van der Waals surface area contributed by atoms with Gasteiger partial charge in [-0.15, -0.1) is 0 Å². The Morgan fingerprint density at radius 1 is 1.08 bits per heavy atom. The van der Waals surface area contributed by atoms with E-state index in [4.69, 9.17) is 4.74 Å². The molecule has 2 amide bonds. The normalized spacial score (nSPS) is 10.5. The Kier molecular flexibility index (Phi) is 6.28. The molecule has 6 heteroatoms. The number of carbonyl (C=O) groups is 2. The summed E-state index contributed by atoms with van der Waals surface area (Å²) >= 11 is 0. The number of ether oxygens (including phenoxy) is 1. The van der Waals surface area contributed by atoms with Gasteiger partial charge in [0.2, 0.25) is 0 Å². The van der Waals surface area contributed by atoms with Gasteiger partial charge in [0.1, 0.15) is 11.6 Å². The highest BCUT2D eigenvalue weighted by molar-refractivity contribution is 5.93. The van der Waals surface area contributed by atoms with Crippen molar-refractivity contribution in [2.75, 3.05) is 6.61 Å². The summed E-state index contributed by atoms with van der Waals surface area (Å²) in [5.41, 5.74) is 6.77. The number of hydrogen-bond acceptors (Lipinski definition) is 3. The fourth-order valence-corrected chi connectivity index (χ4v) is 2.15. The van der Waals surface area contributed by atoms with Gasteiger partial charge in [-0.05, 0) is 49.2 Å². The van der Waals surface area contributed by atoms with Gasteiger partial charge in [-0.3, -0.25) is 20.4 Å². The number of rotatable bonds is 5. The third-order valence-electron chi connectivity index (χ3n) is 3.21. The van der Waals surface area contributed by atoms with E-state index in [-0.39, 0.29) is 12.2 Å². The molecule has 0 spiro atoms. The van der Waals surface area contributed by atoms with E-state index in [2.05, 4.69) is 10.9 Å². The molecule has 0 radical (unpaired) electrons. The molecule has 0 aliphatic heterocycles. The van der Waals surface area contributed by atoms with Crippen LogP contribution in [0.1, 0.15) is 16.7 Å². The van der Waals surface area contributed by atoms with Crippen LogP contribution in [0.5, 0.6) is 5.75 Å². The van der Waals surface area contributed by atoms with Crippen LogP contribution in [0.2, 0.25) is 0 Å². The number of halogens is 1. The summed E-state index contributed by atoms with van der Waals surface area (Å²) in [5, 5.41) is 0. The maximum Gasteiger partial charge on any atom is 0.276 e. The molecule has 2 aromatic carbocycles. The smallest absolute Gasteiger partial charge is 0.276 e. The third-order valence-corrected chi connectivity index (χ3v) is 3.21. The predicted octanol–water partition coefficient (Wildman–Crippen LogP) is 2.68. The fourth-order valence-electron chi connectivity index (χ4n) is 2.15. The number of amides is 2. The Labute approximate surface area is 145 Å². The first-order chi connectivity index (χ1) is 11.9. The number of hydrazine groups is 1. The van der Waals surface area contributed by atoms with E-state index in [1.54, 1.807) is 12.1 Å². The van der Waals surface area contributed by atoms with E-state index >= 15 is 0 Å². The van der Waals surface area contributed by atoms with Gasteiger partial charge >= 0.3 is 0 Å². The van der Waals surface area contributed by atoms with Crippen LogP contribution in [0.15, 0.2) is 48.5 Å². The lowest BCUT2D eigenvalue weighted by Gasteiger charge is -2.09. The van der Waals surface area contributed by atoms with Gasteiger partial charge in [0, 0.05) is 11.6 Å². The van der Waals surface area contributed by atoms with Crippen LogP contribution >= 0.6 is 0 Å². The van der Waals surface area contributed by atoms with Crippen molar-refractivity contribution in [1.29, 1.82) is 0 Å². The number of hydrogen-bond donors (Lipinski definition) is 2. The third kappa shape index (κ3) is 6.10. The predicted molar refractivity (Wildman–Crippen MR) is 93.1 cm³/mol. The van der Waals surface area contributed by atoms with E-state index in [9.17, 15) is 14.0 Å². The second kappa shape index (κ2) is 8.63. The van der Waals surface area contributed by atoms with Crippen LogP contribution in [0, 0.1) is 19.7 Å². The van der Waals surface area contributed by atoms with Gasteiger partial charge in [-0.1, -0.05) is 24.3 Å². The van der Waals surface area contributed by atoms with Crippen LogP contribution in [-0.4, -0.2) is 18.4 Å². The second-order valence-electron chi connectivity index (χ2n) is 5.50. The number of carbonyl (C=O) groups excluding carboxylic acids is 2. The summed E-state index contributed by atoms with van der Waals surface area (Å²) in [7, 11) is 0. The first kappa shape index (κ1) is 18.2. The molecule has 0 aromatic heterocycles. The van der Waals surface area contributed by atoms with Crippen molar-refractivity contribution in [2.24, 2.45) is 0 Å². The van der Waals surface area contributed by atoms with E-state index in [0.29, 0.717) is 5.75 Å². The molecule has 0 bridgehead atoms. The van der Waals surface area contributed by atoms with Crippen molar-refractivity contribution >= 4 is 17.9 Å². The van der Waals surface area contributed by atoms with Gasteiger partial charge < -0.3 is 4.74 Å². The van der Waals surface area contributed by atoms with E-state index < -0.39 is 17.6 Å². The first-order valence-electron chi connectivity index (χ1n) is 7.66. The van der Waals surface area contributed by atoms with E-state index in [1.807, 2.05) is 32.0 Å². The first-order valence-corrected chi connectivity index (χ1v) is 7.66. The molecular weight excluding hydrogens is 323 g/mol. The molecule has 0 saturated carbocycles. The van der Waals surface area contributed by atoms with Gasteiger partial charge in [-0.25, -0.2) is 4.39 Å². The summed E-state index contributed by atoms with van der Waals surface area (Å²) < 4.78 is 18.8. The molecule has 0 aliphatic carbocycles. The van der Waals surface area contributed by atoms with Crippen LogP contribution in [0.4, 0.5) is 4.39 Å². The average molecular weight is 342 g/mol. The molecule has 25 heavy (non-hydrogen) atoms. The Bertz CT molecular complexity index is 783. The number of aryl methyl sites for hydroxylation is 2. The summed E-state index contributed by atoms with van der Waals surface area (Å²) in [6, 6.07) is 11.7. The van der Waals surface area contributed by atoms with Gasteiger partial charge in [0.05, 0.1) is 0 Å². The molecule has 0 aliphatic rings. The minimum atomic E-state index is -0.581. The number of nitrogens with one attached hydrogen (secondary N) is 2. The quantitative estimate of drug-likeness (QED) is 0.648. The van der Waals surface area contributed by atoms with Crippen LogP contribution in [0.3, 0.4) is 0 Å².